The zero-order valence-electron chi connectivity index (χ0n) is 20.4. The molecule has 5 rings (SSSR count). The number of likely N-dealkylation sites (tertiary alicyclic amines) is 1. The van der Waals surface area contributed by atoms with E-state index in [1.165, 1.54) is 17.4 Å². The Kier molecular flexibility index (Phi) is 7.13. The van der Waals surface area contributed by atoms with Crippen molar-refractivity contribution < 1.29 is 14.3 Å². The number of fused-ring (bicyclic) bond motifs is 1. The molecule has 11 heteroatoms. The lowest BCUT2D eigenvalue weighted by Gasteiger charge is -2.32. The average molecular weight is 518 g/mol. The number of nitrogens with zero attached hydrogens (tertiary/aromatic N) is 4. The van der Waals surface area contributed by atoms with Gasteiger partial charge in [-0.1, -0.05) is 13.5 Å². The van der Waals surface area contributed by atoms with Gasteiger partial charge in [0.1, 0.15) is 16.9 Å². The Hall–Kier alpha value is -4.25. The predicted octanol–water partition coefficient (Wildman–Crippen LogP) is 4.61. The van der Waals surface area contributed by atoms with E-state index in [9.17, 15) is 9.59 Å². The van der Waals surface area contributed by atoms with Crippen LogP contribution in [-0.4, -0.2) is 56.0 Å². The summed E-state index contributed by atoms with van der Waals surface area (Å²) in [5.41, 5.74) is 1.09. The lowest BCUT2D eigenvalue weighted by molar-refractivity contribution is -0.127. The number of hydrogen-bond donors (Lipinski definition) is 3. The fourth-order valence-electron chi connectivity index (χ4n) is 4.23. The molecule has 37 heavy (non-hydrogen) atoms. The smallest absolute Gasteiger partial charge is 0.257 e. The number of hydrogen-bond acceptors (Lipinski definition) is 8. The number of aromatic amines is 1. The van der Waals surface area contributed by atoms with E-state index in [0.29, 0.717) is 45.6 Å². The van der Waals surface area contributed by atoms with E-state index in [0.717, 1.165) is 30.7 Å². The molecule has 0 unspecified atom stereocenters. The highest BCUT2D eigenvalue weighted by molar-refractivity contribution is 7.15. The number of carbonyl (C=O) groups is 2. The van der Waals surface area contributed by atoms with Gasteiger partial charge >= 0.3 is 0 Å². The highest BCUT2D eigenvalue weighted by Gasteiger charge is 2.24. The normalized spacial score (nSPS) is 15.4. The summed E-state index contributed by atoms with van der Waals surface area (Å²) >= 11 is 1.47. The van der Waals surface area contributed by atoms with E-state index in [2.05, 4.69) is 37.4 Å². The van der Waals surface area contributed by atoms with Crippen molar-refractivity contribution in [1.82, 2.24) is 25.1 Å². The lowest BCUT2D eigenvalue weighted by atomic mass is 10.1. The third-order valence-electron chi connectivity index (χ3n) is 6.14. The molecule has 0 saturated carbocycles. The van der Waals surface area contributed by atoms with Crippen LogP contribution in [0.2, 0.25) is 0 Å². The molecule has 4 aromatic rings. The van der Waals surface area contributed by atoms with Crippen LogP contribution in [0.3, 0.4) is 0 Å². The van der Waals surface area contributed by atoms with Crippen LogP contribution in [0.4, 0.5) is 10.9 Å². The minimum Gasteiger partial charge on any atom is -0.456 e. The zero-order valence-corrected chi connectivity index (χ0v) is 21.2. The summed E-state index contributed by atoms with van der Waals surface area (Å²) in [6, 6.07) is 8.71. The van der Waals surface area contributed by atoms with Gasteiger partial charge in [-0.15, -0.1) is 11.3 Å². The number of nitrogens with one attached hydrogen (secondary N) is 3. The number of aryl methyl sites for hydroxylation is 1. The number of pyridine rings is 1. The number of ether oxygens (including phenoxy) is 1. The first-order valence-electron chi connectivity index (χ1n) is 12.1. The van der Waals surface area contributed by atoms with Crippen molar-refractivity contribution >= 4 is 45.1 Å². The second kappa shape index (κ2) is 10.8. The minimum absolute atomic E-state index is 0.0428. The summed E-state index contributed by atoms with van der Waals surface area (Å²) < 4.78 is 6.17. The van der Waals surface area contributed by atoms with Crippen LogP contribution in [-0.2, 0) is 11.2 Å². The largest absolute Gasteiger partial charge is 0.456 e. The fourth-order valence-corrected chi connectivity index (χ4v) is 4.98. The Morgan fingerprint density at radius 2 is 2.11 bits per heavy atom. The molecule has 0 bridgehead atoms. The Labute approximate surface area is 217 Å². The molecule has 0 spiro atoms. The molecular formula is C26H27N7O3S. The number of benzene rings is 1. The minimum atomic E-state index is -0.229. The Morgan fingerprint density at radius 3 is 2.86 bits per heavy atom. The molecule has 4 heterocycles. The summed E-state index contributed by atoms with van der Waals surface area (Å²) in [6.45, 7) is 6.93. The van der Waals surface area contributed by atoms with E-state index >= 15 is 0 Å². The van der Waals surface area contributed by atoms with Gasteiger partial charge in [0, 0.05) is 48.0 Å². The van der Waals surface area contributed by atoms with Crippen molar-refractivity contribution in [2.24, 2.45) is 0 Å². The molecule has 3 N–H and O–H groups in total. The van der Waals surface area contributed by atoms with E-state index < -0.39 is 0 Å². The van der Waals surface area contributed by atoms with Crippen molar-refractivity contribution in [3.05, 3.63) is 65.8 Å². The van der Waals surface area contributed by atoms with E-state index in [1.807, 2.05) is 6.92 Å². The second-order valence-electron chi connectivity index (χ2n) is 8.64. The average Bonchev–Trinajstić information content (AvgIpc) is 3.56. The summed E-state index contributed by atoms with van der Waals surface area (Å²) in [7, 11) is 0. The number of rotatable bonds is 8. The molecule has 190 valence electrons. The molecule has 1 saturated heterocycles. The third-order valence-corrected chi connectivity index (χ3v) is 7.20. The maximum absolute atomic E-state index is 12.6. The molecule has 2 amide bonds. The monoisotopic (exact) mass is 517 g/mol. The molecule has 10 nitrogen and oxygen atoms in total. The van der Waals surface area contributed by atoms with Crippen molar-refractivity contribution in [1.29, 1.82) is 0 Å². The van der Waals surface area contributed by atoms with Crippen molar-refractivity contribution in [3.63, 3.8) is 0 Å². The van der Waals surface area contributed by atoms with Gasteiger partial charge in [0.2, 0.25) is 5.91 Å². The van der Waals surface area contributed by atoms with Crippen molar-refractivity contribution in [2.45, 2.75) is 32.2 Å². The zero-order chi connectivity index (χ0) is 25.8. The molecule has 1 aromatic carbocycles. The highest BCUT2D eigenvalue weighted by Crippen LogP contribution is 2.33. The van der Waals surface area contributed by atoms with Crippen molar-refractivity contribution in [3.8, 4) is 11.5 Å². The first-order valence-corrected chi connectivity index (χ1v) is 12.9. The number of aromatic nitrogens is 4. The van der Waals surface area contributed by atoms with Crippen LogP contribution >= 0.6 is 11.3 Å². The lowest BCUT2D eigenvalue weighted by Crippen LogP contribution is -2.44. The Balaban J connectivity index is 1.30. The van der Waals surface area contributed by atoms with E-state index in [1.54, 1.807) is 47.6 Å². The molecule has 0 aliphatic carbocycles. The fraction of sp³-hybridized carbons (Fsp3) is 0.269. The van der Waals surface area contributed by atoms with Crippen LogP contribution in [0.5, 0.6) is 11.5 Å². The molecule has 1 atom stereocenters. The van der Waals surface area contributed by atoms with Gasteiger partial charge in [-0.2, -0.15) is 5.10 Å². The van der Waals surface area contributed by atoms with Gasteiger partial charge in [-0.25, -0.2) is 9.97 Å². The van der Waals surface area contributed by atoms with Gasteiger partial charge < -0.3 is 15.0 Å². The third kappa shape index (κ3) is 5.46. The Bertz CT molecular complexity index is 1430. The van der Waals surface area contributed by atoms with Gasteiger partial charge in [0.15, 0.2) is 16.6 Å². The summed E-state index contributed by atoms with van der Waals surface area (Å²) in [5.74, 6) is 1.45. The van der Waals surface area contributed by atoms with Crippen LogP contribution in [0.15, 0.2) is 55.4 Å². The quantitative estimate of drug-likeness (QED) is 0.292. The standard InChI is InChI=1S/C26H27N7O3S/c1-3-19-14-28-26(37-19)30-25(35)16-7-9-18(10-8-16)36-20-11-12-27-23-22(20)24(32-31-23)29-17-6-5-13-33(15-17)21(34)4-2/h4,7-12,14,17H,2-3,5-6,13,15H2,1H3,(H,28,30,35)(H2,27,29,31,32)/t17-/m1/s1. The topological polar surface area (TPSA) is 125 Å². The van der Waals surface area contributed by atoms with Crippen LogP contribution in [0, 0.1) is 0 Å². The maximum Gasteiger partial charge on any atom is 0.257 e. The molecule has 1 aliphatic heterocycles. The summed E-state index contributed by atoms with van der Waals surface area (Å²) in [6.07, 6.45) is 7.45. The van der Waals surface area contributed by atoms with Gasteiger partial charge in [0.25, 0.3) is 5.91 Å². The van der Waals surface area contributed by atoms with Crippen LogP contribution in [0.25, 0.3) is 11.0 Å². The first-order chi connectivity index (χ1) is 18.0. The van der Waals surface area contributed by atoms with Gasteiger partial charge in [0.05, 0.1) is 0 Å². The summed E-state index contributed by atoms with van der Waals surface area (Å²) in [5, 5.41) is 14.9. The number of anilines is 2. The number of amides is 2. The molecule has 3 aromatic heterocycles. The highest BCUT2D eigenvalue weighted by atomic mass is 32.1. The van der Waals surface area contributed by atoms with E-state index in [-0.39, 0.29) is 17.9 Å². The summed E-state index contributed by atoms with van der Waals surface area (Å²) in [4.78, 5) is 36.1. The van der Waals surface area contributed by atoms with Gasteiger partial charge in [-0.3, -0.25) is 20.0 Å². The molecule has 1 aliphatic rings. The predicted molar refractivity (Wildman–Crippen MR) is 143 cm³/mol. The number of piperidine rings is 1. The molecular weight excluding hydrogens is 490 g/mol. The van der Waals surface area contributed by atoms with E-state index in [4.69, 9.17) is 4.74 Å². The molecule has 1 fully saturated rings. The maximum atomic E-state index is 12.6. The van der Waals surface area contributed by atoms with Crippen molar-refractivity contribution in [2.75, 3.05) is 23.7 Å². The molecule has 0 radical (unpaired) electrons. The first kappa shape index (κ1) is 24.4. The SMILES string of the molecule is C=CC(=O)N1CCC[C@@H](Nc2n[nH]c3nccc(Oc4ccc(C(=O)Nc5ncc(CC)s5)cc4)c23)C1. The van der Waals surface area contributed by atoms with Crippen LogP contribution in [0.1, 0.15) is 35.0 Å². The number of thiazole rings is 1. The number of carbonyl (C=O) groups excluding carboxylic acids is 2. The van der Waals surface area contributed by atoms with Crippen LogP contribution < -0.4 is 15.4 Å². The number of H-pyrrole nitrogens is 1. The van der Waals surface area contributed by atoms with Gasteiger partial charge in [-0.05, 0) is 49.6 Å². The second-order valence-corrected chi connectivity index (χ2v) is 9.76. The Morgan fingerprint density at radius 1 is 1.27 bits per heavy atom.